The predicted molar refractivity (Wildman–Crippen MR) is 84.0 cm³/mol. The van der Waals surface area contributed by atoms with Gasteiger partial charge in [0.1, 0.15) is 17.4 Å². The Morgan fingerprint density at radius 3 is 2.65 bits per heavy atom. The second-order valence-electron chi connectivity index (χ2n) is 4.28. The molecule has 0 radical (unpaired) electrons. The Morgan fingerprint density at radius 1 is 1.25 bits per heavy atom. The predicted octanol–water partition coefficient (Wildman–Crippen LogP) is 3.90. The Morgan fingerprint density at radius 2 is 2.00 bits per heavy atom. The zero-order chi connectivity index (χ0) is 14.5. The Hall–Kier alpha value is -1.75. The summed E-state index contributed by atoms with van der Waals surface area (Å²) >= 11 is 1.66. The van der Waals surface area contributed by atoms with E-state index in [9.17, 15) is 0 Å². The van der Waals surface area contributed by atoms with Crippen LogP contribution in [-0.2, 0) is 6.42 Å². The molecule has 0 atom stereocenters. The van der Waals surface area contributed by atoms with Crippen LogP contribution in [0.1, 0.15) is 18.3 Å². The molecule has 1 aromatic heterocycles. The normalized spacial score (nSPS) is 10.4. The standard InChI is InChI=1S/C15H19N3OS/c1-5-13-17-14(16-3)10(2)15(18-13)19-11-8-6-7-9-12(11)20-4/h6-9H,5H2,1-4H3,(H,16,17,18). The van der Waals surface area contributed by atoms with Gasteiger partial charge in [0.2, 0.25) is 5.88 Å². The highest BCUT2D eigenvalue weighted by atomic mass is 32.2. The average molecular weight is 289 g/mol. The van der Waals surface area contributed by atoms with E-state index in [0.717, 1.165) is 34.3 Å². The number of para-hydroxylation sites is 1. The number of hydrogen-bond donors (Lipinski definition) is 1. The topological polar surface area (TPSA) is 47.0 Å². The van der Waals surface area contributed by atoms with Crippen LogP contribution in [0.4, 0.5) is 5.82 Å². The van der Waals surface area contributed by atoms with Gasteiger partial charge in [0, 0.05) is 18.4 Å². The van der Waals surface area contributed by atoms with Gasteiger partial charge in [-0.15, -0.1) is 11.8 Å². The van der Waals surface area contributed by atoms with Crippen molar-refractivity contribution in [3.63, 3.8) is 0 Å². The highest BCUT2D eigenvalue weighted by molar-refractivity contribution is 7.98. The van der Waals surface area contributed by atoms with Crippen LogP contribution < -0.4 is 10.1 Å². The molecule has 0 unspecified atom stereocenters. The minimum Gasteiger partial charge on any atom is -0.437 e. The number of nitrogens with one attached hydrogen (secondary N) is 1. The fourth-order valence-corrected chi connectivity index (χ4v) is 2.37. The van der Waals surface area contributed by atoms with E-state index < -0.39 is 0 Å². The smallest absolute Gasteiger partial charge is 0.227 e. The van der Waals surface area contributed by atoms with Gasteiger partial charge in [0.05, 0.1) is 5.56 Å². The number of nitrogens with zero attached hydrogens (tertiary/aromatic N) is 2. The van der Waals surface area contributed by atoms with Gasteiger partial charge in [-0.3, -0.25) is 0 Å². The number of aryl methyl sites for hydroxylation is 1. The molecule has 0 spiro atoms. The van der Waals surface area contributed by atoms with Crippen LogP contribution in [-0.4, -0.2) is 23.3 Å². The number of thioether (sulfide) groups is 1. The first-order valence-corrected chi connectivity index (χ1v) is 7.78. The average Bonchev–Trinajstić information content (AvgIpc) is 2.49. The van der Waals surface area contributed by atoms with E-state index in [-0.39, 0.29) is 0 Å². The molecule has 1 heterocycles. The molecular formula is C15H19N3OS. The highest BCUT2D eigenvalue weighted by Crippen LogP contribution is 2.33. The Labute approximate surface area is 124 Å². The molecule has 0 fully saturated rings. The summed E-state index contributed by atoms with van der Waals surface area (Å²) in [5.74, 6) is 3.03. The molecule has 0 aliphatic heterocycles. The Kier molecular flexibility index (Phi) is 4.84. The van der Waals surface area contributed by atoms with E-state index in [4.69, 9.17) is 4.74 Å². The number of rotatable bonds is 5. The molecule has 1 N–H and O–H groups in total. The molecule has 0 aliphatic rings. The van der Waals surface area contributed by atoms with E-state index in [1.54, 1.807) is 11.8 Å². The molecule has 0 saturated carbocycles. The summed E-state index contributed by atoms with van der Waals surface area (Å²) in [7, 11) is 1.86. The SMILES string of the molecule is CCc1nc(NC)c(C)c(Oc2ccccc2SC)n1. The molecule has 5 heteroatoms. The van der Waals surface area contributed by atoms with Crippen molar-refractivity contribution in [3.8, 4) is 11.6 Å². The maximum Gasteiger partial charge on any atom is 0.227 e. The minimum absolute atomic E-state index is 0.614. The molecule has 0 bridgehead atoms. The maximum absolute atomic E-state index is 6.00. The van der Waals surface area contributed by atoms with Gasteiger partial charge in [-0.1, -0.05) is 19.1 Å². The molecule has 1 aromatic carbocycles. The van der Waals surface area contributed by atoms with Gasteiger partial charge < -0.3 is 10.1 Å². The first-order chi connectivity index (χ1) is 9.69. The third-order valence-corrected chi connectivity index (χ3v) is 3.75. The summed E-state index contributed by atoms with van der Waals surface area (Å²) in [4.78, 5) is 10.0. The van der Waals surface area contributed by atoms with Crippen LogP contribution in [0.5, 0.6) is 11.6 Å². The monoisotopic (exact) mass is 289 g/mol. The van der Waals surface area contributed by atoms with Crippen molar-refractivity contribution in [2.24, 2.45) is 0 Å². The first kappa shape index (κ1) is 14.7. The van der Waals surface area contributed by atoms with Gasteiger partial charge in [0.15, 0.2) is 0 Å². The van der Waals surface area contributed by atoms with Crippen LogP contribution in [0.15, 0.2) is 29.2 Å². The number of benzene rings is 1. The summed E-state index contributed by atoms with van der Waals surface area (Å²) in [5.41, 5.74) is 0.917. The zero-order valence-electron chi connectivity index (χ0n) is 12.2. The van der Waals surface area contributed by atoms with Crippen molar-refractivity contribution in [3.05, 3.63) is 35.7 Å². The lowest BCUT2D eigenvalue weighted by Gasteiger charge is -2.14. The minimum atomic E-state index is 0.614. The summed E-state index contributed by atoms with van der Waals surface area (Å²) < 4.78 is 6.00. The highest BCUT2D eigenvalue weighted by Gasteiger charge is 2.12. The van der Waals surface area contributed by atoms with Crippen molar-refractivity contribution in [1.29, 1.82) is 0 Å². The second kappa shape index (κ2) is 6.61. The van der Waals surface area contributed by atoms with Crippen molar-refractivity contribution in [2.75, 3.05) is 18.6 Å². The lowest BCUT2D eigenvalue weighted by atomic mass is 10.3. The lowest BCUT2D eigenvalue weighted by molar-refractivity contribution is 0.445. The number of anilines is 1. The molecule has 0 aliphatic carbocycles. The summed E-state index contributed by atoms with van der Waals surface area (Å²) in [5, 5.41) is 3.09. The van der Waals surface area contributed by atoms with Gasteiger partial charge in [0.25, 0.3) is 0 Å². The van der Waals surface area contributed by atoms with Crippen LogP contribution in [0.3, 0.4) is 0 Å². The molecule has 106 valence electrons. The fourth-order valence-electron chi connectivity index (χ4n) is 1.85. The summed E-state index contributed by atoms with van der Waals surface area (Å²) in [6.07, 6.45) is 2.81. The molecule has 2 aromatic rings. The Bertz CT molecular complexity index is 602. The fraction of sp³-hybridized carbons (Fsp3) is 0.333. The van der Waals surface area contributed by atoms with Crippen LogP contribution in [0.2, 0.25) is 0 Å². The maximum atomic E-state index is 6.00. The third kappa shape index (κ3) is 3.04. The van der Waals surface area contributed by atoms with Gasteiger partial charge >= 0.3 is 0 Å². The molecular weight excluding hydrogens is 270 g/mol. The van der Waals surface area contributed by atoms with Gasteiger partial charge in [-0.25, -0.2) is 4.98 Å². The molecule has 0 saturated heterocycles. The summed E-state index contributed by atoms with van der Waals surface area (Å²) in [6, 6.07) is 7.96. The van der Waals surface area contributed by atoms with Crippen molar-refractivity contribution in [2.45, 2.75) is 25.2 Å². The van der Waals surface area contributed by atoms with Crippen molar-refractivity contribution in [1.82, 2.24) is 9.97 Å². The molecule has 4 nitrogen and oxygen atoms in total. The quantitative estimate of drug-likeness (QED) is 0.846. The summed E-state index contributed by atoms with van der Waals surface area (Å²) in [6.45, 7) is 3.99. The molecule has 2 rings (SSSR count). The van der Waals surface area contributed by atoms with Crippen molar-refractivity contribution < 1.29 is 4.74 Å². The number of ether oxygens (including phenoxy) is 1. The van der Waals surface area contributed by atoms with Crippen LogP contribution >= 0.6 is 11.8 Å². The lowest BCUT2D eigenvalue weighted by Crippen LogP contribution is -2.05. The van der Waals surface area contributed by atoms with E-state index >= 15 is 0 Å². The van der Waals surface area contributed by atoms with E-state index in [1.165, 1.54) is 0 Å². The Balaban J connectivity index is 2.42. The van der Waals surface area contributed by atoms with E-state index in [1.807, 2.05) is 51.4 Å². The molecule has 20 heavy (non-hydrogen) atoms. The number of hydrogen-bond acceptors (Lipinski definition) is 5. The van der Waals surface area contributed by atoms with Gasteiger partial charge in [-0.2, -0.15) is 4.98 Å². The second-order valence-corrected chi connectivity index (χ2v) is 5.12. The van der Waals surface area contributed by atoms with E-state index in [2.05, 4.69) is 15.3 Å². The van der Waals surface area contributed by atoms with Crippen molar-refractivity contribution >= 4 is 17.6 Å². The largest absolute Gasteiger partial charge is 0.437 e. The van der Waals surface area contributed by atoms with E-state index in [0.29, 0.717) is 5.88 Å². The number of aromatic nitrogens is 2. The molecule has 0 amide bonds. The van der Waals surface area contributed by atoms with Crippen LogP contribution in [0.25, 0.3) is 0 Å². The van der Waals surface area contributed by atoms with Crippen LogP contribution in [0, 0.1) is 6.92 Å². The zero-order valence-corrected chi connectivity index (χ0v) is 13.0. The third-order valence-electron chi connectivity index (χ3n) is 2.98. The van der Waals surface area contributed by atoms with Gasteiger partial charge in [-0.05, 0) is 25.3 Å². The first-order valence-electron chi connectivity index (χ1n) is 6.55.